The van der Waals surface area contributed by atoms with E-state index in [1.165, 1.54) is 18.2 Å². The van der Waals surface area contributed by atoms with Crippen LogP contribution in [0.4, 0.5) is 8.78 Å². The number of nitrogens with zero attached hydrogens (tertiary/aromatic N) is 1. The summed E-state index contributed by atoms with van der Waals surface area (Å²) in [5, 5.41) is 4.99. The van der Waals surface area contributed by atoms with Crippen molar-refractivity contribution in [3.8, 4) is 0 Å². The van der Waals surface area contributed by atoms with Crippen molar-refractivity contribution in [3.63, 3.8) is 0 Å². The lowest BCUT2D eigenvalue weighted by molar-refractivity contribution is 0.598. The van der Waals surface area contributed by atoms with E-state index in [4.69, 9.17) is 11.6 Å². The van der Waals surface area contributed by atoms with E-state index in [2.05, 4.69) is 28.2 Å². The van der Waals surface area contributed by atoms with Crippen LogP contribution in [0.2, 0.25) is 5.02 Å². The van der Waals surface area contributed by atoms with Crippen LogP contribution in [-0.4, -0.2) is 11.1 Å². The fourth-order valence-corrected chi connectivity index (χ4v) is 3.80. The molecule has 0 aliphatic carbocycles. The second-order valence-electron chi connectivity index (χ2n) is 7.05. The number of nitrogens with one attached hydrogen (secondary N) is 1. The van der Waals surface area contributed by atoms with Crippen molar-refractivity contribution in [2.45, 2.75) is 19.5 Å². The lowest BCUT2D eigenvalue weighted by atomic mass is 10.1. The number of para-hydroxylation sites is 1. The maximum absolute atomic E-state index is 13.8. The summed E-state index contributed by atoms with van der Waals surface area (Å²) in [5.74, 6) is -0.502. The van der Waals surface area contributed by atoms with E-state index < -0.39 is 0 Å². The Balaban J connectivity index is 1.49. The van der Waals surface area contributed by atoms with Gasteiger partial charge in [0.2, 0.25) is 0 Å². The molecule has 0 aliphatic rings. The maximum atomic E-state index is 13.8. The smallest absolute Gasteiger partial charge is 0.126 e. The molecule has 0 amide bonds. The molecular formula is C24H21ClF2N2. The predicted octanol–water partition coefficient (Wildman–Crippen LogP) is 5.95. The van der Waals surface area contributed by atoms with Crippen molar-refractivity contribution in [3.05, 3.63) is 106 Å². The van der Waals surface area contributed by atoms with Crippen LogP contribution in [0, 0.1) is 11.6 Å². The van der Waals surface area contributed by atoms with Crippen molar-refractivity contribution in [2.24, 2.45) is 0 Å². The average molecular weight is 411 g/mol. The minimum absolute atomic E-state index is 0.165. The molecular weight excluding hydrogens is 390 g/mol. The Hall–Kier alpha value is -2.69. The van der Waals surface area contributed by atoms with Gasteiger partial charge in [-0.3, -0.25) is 0 Å². The topological polar surface area (TPSA) is 17.0 Å². The highest BCUT2D eigenvalue weighted by Gasteiger charge is 2.10. The third kappa shape index (κ3) is 4.50. The number of hydrogen-bond donors (Lipinski definition) is 1. The highest BCUT2D eigenvalue weighted by Crippen LogP contribution is 2.25. The largest absolute Gasteiger partial charge is 0.343 e. The van der Waals surface area contributed by atoms with Crippen molar-refractivity contribution in [1.29, 1.82) is 0 Å². The van der Waals surface area contributed by atoms with Crippen molar-refractivity contribution in [2.75, 3.05) is 6.54 Å². The molecule has 0 unspecified atom stereocenters. The van der Waals surface area contributed by atoms with Crippen LogP contribution in [0.5, 0.6) is 0 Å². The zero-order valence-corrected chi connectivity index (χ0v) is 16.6. The van der Waals surface area contributed by atoms with Gasteiger partial charge in [-0.2, -0.15) is 0 Å². The molecule has 0 atom stereocenters. The minimum atomic E-state index is -0.337. The zero-order chi connectivity index (χ0) is 20.2. The number of aromatic nitrogens is 1. The van der Waals surface area contributed by atoms with Gasteiger partial charge in [-0.25, -0.2) is 8.78 Å². The Morgan fingerprint density at radius 1 is 0.862 bits per heavy atom. The number of benzene rings is 3. The number of halogens is 3. The first kappa shape index (κ1) is 19.6. The van der Waals surface area contributed by atoms with Crippen LogP contribution < -0.4 is 5.32 Å². The molecule has 0 bridgehead atoms. The fraction of sp³-hybridized carbons (Fsp3) is 0.167. The van der Waals surface area contributed by atoms with Crippen molar-refractivity contribution in [1.82, 2.24) is 9.88 Å². The van der Waals surface area contributed by atoms with Crippen LogP contribution >= 0.6 is 11.6 Å². The van der Waals surface area contributed by atoms with Gasteiger partial charge in [0.25, 0.3) is 0 Å². The third-order valence-electron chi connectivity index (χ3n) is 5.07. The molecule has 4 aromatic rings. The highest BCUT2D eigenvalue weighted by molar-refractivity contribution is 6.31. The lowest BCUT2D eigenvalue weighted by Gasteiger charge is -2.07. The van der Waals surface area contributed by atoms with Crippen LogP contribution in [0.3, 0.4) is 0 Å². The summed E-state index contributed by atoms with van der Waals surface area (Å²) < 4.78 is 29.2. The van der Waals surface area contributed by atoms with Gasteiger partial charge in [-0.05, 0) is 53.9 Å². The zero-order valence-electron chi connectivity index (χ0n) is 15.8. The quantitative estimate of drug-likeness (QED) is 0.372. The van der Waals surface area contributed by atoms with Crippen molar-refractivity contribution < 1.29 is 8.78 Å². The molecule has 0 spiro atoms. The number of hydrogen-bond acceptors (Lipinski definition) is 1. The molecule has 29 heavy (non-hydrogen) atoms. The maximum Gasteiger partial charge on any atom is 0.126 e. The van der Waals surface area contributed by atoms with Gasteiger partial charge in [0.05, 0.1) is 0 Å². The minimum Gasteiger partial charge on any atom is -0.343 e. The molecule has 3 aromatic carbocycles. The first-order valence-electron chi connectivity index (χ1n) is 9.56. The Morgan fingerprint density at radius 2 is 1.66 bits per heavy atom. The fourth-order valence-electron chi connectivity index (χ4n) is 3.58. The summed E-state index contributed by atoms with van der Waals surface area (Å²) in [4.78, 5) is 0. The Kier molecular flexibility index (Phi) is 5.93. The summed E-state index contributed by atoms with van der Waals surface area (Å²) in [5.41, 5.74) is 3.84. The molecule has 2 nitrogen and oxygen atoms in total. The van der Waals surface area contributed by atoms with Crippen LogP contribution in [0.1, 0.15) is 16.7 Å². The molecule has 0 radical (unpaired) electrons. The molecule has 0 saturated carbocycles. The van der Waals surface area contributed by atoms with Gasteiger partial charge in [0, 0.05) is 35.2 Å². The second kappa shape index (κ2) is 8.76. The van der Waals surface area contributed by atoms with E-state index in [1.54, 1.807) is 12.1 Å². The van der Waals surface area contributed by atoms with E-state index in [-0.39, 0.29) is 11.6 Å². The number of fused-ring (bicyclic) bond motifs is 1. The summed E-state index contributed by atoms with van der Waals surface area (Å²) in [6.45, 7) is 1.93. The molecule has 1 aromatic heterocycles. The van der Waals surface area contributed by atoms with E-state index in [9.17, 15) is 8.78 Å². The van der Waals surface area contributed by atoms with Gasteiger partial charge >= 0.3 is 0 Å². The number of rotatable bonds is 7. The van der Waals surface area contributed by atoms with E-state index >= 15 is 0 Å². The normalized spacial score (nSPS) is 11.3. The van der Waals surface area contributed by atoms with Gasteiger partial charge in [-0.15, -0.1) is 0 Å². The van der Waals surface area contributed by atoms with E-state index in [1.807, 2.05) is 24.3 Å². The SMILES string of the molecule is Fc1ccc(Cn2cc(CNCCc3ccccc3F)c3ccccc32)c(Cl)c1. The Bertz CT molecular complexity index is 1140. The molecule has 1 heterocycles. The summed E-state index contributed by atoms with van der Waals surface area (Å²) in [6.07, 6.45) is 2.73. The summed E-state index contributed by atoms with van der Waals surface area (Å²) in [7, 11) is 0. The molecule has 148 valence electrons. The molecule has 0 fully saturated rings. The third-order valence-corrected chi connectivity index (χ3v) is 5.42. The molecule has 1 N–H and O–H groups in total. The van der Waals surface area contributed by atoms with Gasteiger partial charge in [0.15, 0.2) is 0 Å². The summed E-state index contributed by atoms with van der Waals surface area (Å²) >= 11 is 6.21. The average Bonchev–Trinajstić information content (AvgIpc) is 3.06. The van der Waals surface area contributed by atoms with Crippen LogP contribution in [0.25, 0.3) is 10.9 Å². The molecule has 5 heteroatoms. The molecule has 0 aliphatic heterocycles. The van der Waals surface area contributed by atoms with Crippen LogP contribution in [-0.2, 0) is 19.5 Å². The standard InChI is InChI=1S/C24H21ClF2N2/c25-22-13-20(26)10-9-18(22)15-29-16-19(21-6-2-4-8-24(21)29)14-28-12-11-17-5-1-3-7-23(17)27/h1-10,13,16,28H,11-12,14-15H2. The van der Waals surface area contributed by atoms with Crippen molar-refractivity contribution >= 4 is 22.5 Å². The molecule has 4 rings (SSSR count). The van der Waals surface area contributed by atoms with Gasteiger partial charge < -0.3 is 9.88 Å². The first-order valence-corrected chi connectivity index (χ1v) is 9.94. The van der Waals surface area contributed by atoms with E-state index in [0.717, 1.165) is 22.0 Å². The Labute approximate surface area is 173 Å². The molecule has 0 saturated heterocycles. The van der Waals surface area contributed by atoms with Gasteiger partial charge in [-0.1, -0.05) is 54.1 Å². The van der Waals surface area contributed by atoms with Crippen LogP contribution in [0.15, 0.2) is 72.9 Å². The Morgan fingerprint density at radius 3 is 2.48 bits per heavy atom. The second-order valence-corrected chi connectivity index (χ2v) is 7.46. The summed E-state index contributed by atoms with van der Waals surface area (Å²) in [6, 6.07) is 19.5. The van der Waals surface area contributed by atoms with E-state index in [0.29, 0.717) is 36.6 Å². The van der Waals surface area contributed by atoms with Gasteiger partial charge in [0.1, 0.15) is 11.6 Å². The predicted molar refractivity (Wildman–Crippen MR) is 114 cm³/mol. The lowest BCUT2D eigenvalue weighted by Crippen LogP contribution is -2.17. The first-order chi connectivity index (χ1) is 14.1. The monoisotopic (exact) mass is 410 g/mol. The highest BCUT2D eigenvalue weighted by atomic mass is 35.5.